The SMILES string of the molecule is CC[NH+](Cc1ccccc1)Cn1nc(COc2ccc(OC)cc2)n(C)c1=S. The van der Waals surface area contributed by atoms with E-state index in [2.05, 4.69) is 31.2 Å². The molecule has 0 aliphatic heterocycles. The molecule has 0 amide bonds. The number of quaternary nitrogens is 1. The second-order valence-corrected chi connectivity index (χ2v) is 7.01. The summed E-state index contributed by atoms with van der Waals surface area (Å²) >= 11 is 5.59. The molecule has 1 atom stereocenters. The lowest BCUT2D eigenvalue weighted by molar-refractivity contribution is -0.935. The van der Waals surface area contributed by atoms with E-state index in [0.29, 0.717) is 11.4 Å². The summed E-state index contributed by atoms with van der Waals surface area (Å²) in [5.41, 5.74) is 1.31. The third-order valence-corrected chi connectivity index (χ3v) is 5.21. The van der Waals surface area contributed by atoms with Gasteiger partial charge in [-0.25, -0.2) is 0 Å². The van der Waals surface area contributed by atoms with Crippen molar-refractivity contribution < 1.29 is 14.4 Å². The second kappa shape index (κ2) is 9.52. The first-order chi connectivity index (χ1) is 13.6. The van der Waals surface area contributed by atoms with Crippen LogP contribution in [0.4, 0.5) is 0 Å². The normalized spacial score (nSPS) is 12.0. The molecule has 148 valence electrons. The van der Waals surface area contributed by atoms with Crippen molar-refractivity contribution in [1.29, 1.82) is 0 Å². The number of aromatic nitrogens is 3. The lowest BCUT2D eigenvalue weighted by Gasteiger charge is -2.17. The Balaban J connectivity index is 1.66. The van der Waals surface area contributed by atoms with Crippen LogP contribution in [-0.4, -0.2) is 28.0 Å². The molecule has 1 unspecified atom stereocenters. The van der Waals surface area contributed by atoms with Crippen LogP contribution in [0.25, 0.3) is 0 Å². The van der Waals surface area contributed by atoms with Crippen molar-refractivity contribution in [2.45, 2.75) is 26.7 Å². The minimum atomic E-state index is 0.361. The van der Waals surface area contributed by atoms with Gasteiger partial charge in [-0.05, 0) is 43.4 Å². The highest BCUT2D eigenvalue weighted by Gasteiger charge is 2.14. The van der Waals surface area contributed by atoms with Gasteiger partial charge in [0.2, 0.25) is 4.77 Å². The lowest BCUT2D eigenvalue weighted by Crippen LogP contribution is -3.09. The molecular weight excluding hydrogens is 372 g/mol. The predicted molar refractivity (Wildman–Crippen MR) is 111 cm³/mol. The average Bonchev–Trinajstić information content (AvgIpc) is 3.00. The molecule has 6 nitrogen and oxygen atoms in total. The molecule has 0 aliphatic carbocycles. The molecule has 0 saturated heterocycles. The average molecular weight is 400 g/mol. The number of benzene rings is 2. The Morgan fingerprint density at radius 1 is 1.04 bits per heavy atom. The molecule has 28 heavy (non-hydrogen) atoms. The van der Waals surface area contributed by atoms with Gasteiger partial charge in [-0.2, -0.15) is 4.68 Å². The summed E-state index contributed by atoms with van der Waals surface area (Å²) in [6, 6.07) is 18.0. The second-order valence-electron chi connectivity index (χ2n) is 6.65. The Morgan fingerprint density at radius 2 is 1.71 bits per heavy atom. The first-order valence-electron chi connectivity index (χ1n) is 9.37. The summed E-state index contributed by atoms with van der Waals surface area (Å²) in [6.07, 6.45) is 0. The molecule has 7 heteroatoms. The van der Waals surface area contributed by atoms with Gasteiger partial charge in [-0.3, -0.25) is 0 Å². The fraction of sp³-hybridized carbons (Fsp3) is 0.333. The van der Waals surface area contributed by atoms with Crippen molar-refractivity contribution in [1.82, 2.24) is 14.3 Å². The highest BCUT2D eigenvalue weighted by Crippen LogP contribution is 2.18. The third-order valence-electron chi connectivity index (χ3n) is 4.73. The zero-order valence-electron chi connectivity index (χ0n) is 16.6. The standard InChI is InChI=1S/C21H26N4O2S/c1-4-24(14-17-8-6-5-7-9-17)16-25-21(28)23(2)20(22-25)15-27-19-12-10-18(26-3)11-13-19/h5-13H,4,14-16H2,1-3H3/p+1. The van der Waals surface area contributed by atoms with Gasteiger partial charge in [0.15, 0.2) is 12.5 Å². The Bertz CT molecular complexity index is 935. The van der Waals surface area contributed by atoms with E-state index in [4.69, 9.17) is 26.8 Å². The van der Waals surface area contributed by atoms with Crippen molar-refractivity contribution in [2.24, 2.45) is 7.05 Å². The summed E-state index contributed by atoms with van der Waals surface area (Å²) in [5, 5.41) is 4.69. The summed E-state index contributed by atoms with van der Waals surface area (Å²) < 4.78 is 15.5. The molecule has 1 aromatic heterocycles. The topological polar surface area (TPSA) is 45.6 Å². The van der Waals surface area contributed by atoms with E-state index in [1.807, 2.05) is 46.6 Å². The van der Waals surface area contributed by atoms with Crippen LogP contribution < -0.4 is 14.4 Å². The number of ether oxygens (including phenoxy) is 2. The van der Waals surface area contributed by atoms with Crippen LogP contribution in [0.5, 0.6) is 11.5 Å². The fourth-order valence-electron chi connectivity index (χ4n) is 2.97. The van der Waals surface area contributed by atoms with E-state index >= 15 is 0 Å². The van der Waals surface area contributed by atoms with Crippen molar-refractivity contribution >= 4 is 12.2 Å². The molecule has 0 saturated carbocycles. The number of nitrogens with one attached hydrogen (secondary N) is 1. The number of rotatable bonds is 9. The van der Waals surface area contributed by atoms with E-state index in [0.717, 1.165) is 37.1 Å². The Kier molecular flexibility index (Phi) is 6.84. The molecule has 0 aliphatic rings. The fourth-order valence-corrected chi connectivity index (χ4v) is 3.18. The Hall–Kier alpha value is -2.64. The molecule has 0 spiro atoms. The van der Waals surface area contributed by atoms with Gasteiger partial charge in [-0.1, -0.05) is 30.3 Å². The Morgan fingerprint density at radius 3 is 2.36 bits per heavy atom. The van der Waals surface area contributed by atoms with Crippen LogP contribution in [0.3, 0.4) is 0 Å². The molecule has 3 rings (SSSR count). The van der Waals surface area contributed by atoms with Gasteiger partial charge in [0.25, 0.3) is 0 Å². The van der Waals surface area contributed by atoms with Gasteiger partial charge < -0.3 is 18.9 Å². The minimum absolute atomic E-state index is 0.361. The molecule has 1 heterocycles. The first-order valence-corrected chi connectivity index (χ1v) is 9.78. The largest absolute Gasteiger partial charge is 0.497 e. The third kappa shape index (κ3) is 4.99. The number of hydrogen-bond donors (Lipinski definition) is 1. The van der Waals surface area contributed by atoms with Gasteiger partial charge in [0.05, 0.1) is 13.7 Å². The number of methoxy groups -OCH3 is 1. The molecular formula is C21H27N4O2S+. The molecule has 0 fully saturated rings. The zero-order valence-corrected chi connectivity index (χ0v) is 17.4. The molecule has 3 aromatic rings. The highest BCUT2D eigenvalue weighted by atomic mass is 32.1. The van der Waals surface area contributed by atoms with Crippen molar-refractivity contribution in [3.8, 4) is 11.5 Å². The van der Waals surface area contributed by atoms with E-state index in [-0.39, 0.29) is 0 Å². The quantitative estimate of drug-likeness (QED) is 0.562. The van der Waals surface area contributed by atoms with Gasteiger partial charge in [0.1, 0.15) is 24.7 Å². The van der Waals surface area contributed by atoms with Crippen molar-refractivity contribution in [3.63, 3.8) is 0 Å². The van der Waals surface area contributed by atoms with Crippen molar-refractivity contribution in [2.75, 3.05) is 13.7 Å². The van der Waals surface area contributed by atoms with E-state index < -0.39 is 0 Å². The van der Waals surface area contributed by atoms with Gasteiger partial charge in [-0.15, -0.1) is 5.10 Å². The van der Waals surface area contributed by atoms with Crippen LogP contribution in [0, 0.1) is 4.77 Å². The van der Waals surface area contributed by atoms with Crippen LogP contribution in [0.2, 0.25) is 0 Å². The summed E-state index contributed by atoms with van der Waals surface area (Å²) in [5.74, 6) is 2.37. The molecule has 0 bridgehead atoms. The first kappa shape index (κ1) is 20.1. The smallest absolute Gasteiger partial charge is 0.202 e. The lowest BCUT2D eigenvalue weighted by atomic mass is 10.2. The number of nitrogens with zero attached hydrogens (tertiary/aromatic N) is 3. The Labute approximate surface area is 170 Å². The maximum Gasteiger partial charge on any atom is 0.202 e. The van der Waals surface area contributed by atoms with Gasteiger partial charge >= 0.3 is 0 Å². The molecule has 2 aromatic carbocycles. The van der Waals surface area contributed by atoms with E-state index in [1.54, 1.807) is 7.11 Å². The summed E-state index contributed by atoms with van der Waals surface area (Å²) in [7, 11) is 3.58. The van der Waals surface area contributed by atoms with Gasteiger partial charge in [0, 0.05) is 12.6 Å². The predicted octanol–water partition coefficient (Wildman–Crippen LogP) is 2.60. The minimum Gasteiger partial charge on any atom is -0.497 e. The summed E-state index contributed by atoms with van der Waals surface area (Å²) in [4.78, 5) is 1.39. The zero-order chi connectivity index (χ0) is 19.9. The van der Waals surface area contributed by atoms with Crippen molar-refractivity contribution in [3.05, 3.63) is 70.8 Å². The molecule has 0 radical (unpaired) electrons. The van der Waals surface area contributed by atoms with Crippen LogP contribution in [0.15, 0.2) is 54.6 Å². The van der Waals surface area contributed by atoms with Crippen LogP contribution in [0.1, 0.15) is 18.3 Å². The maximum atomic E-state index is 5.86. The van der Waals surface area contributed by atoms with E-state index in [1.165, 1.54) is 10.5 Å². The maximum absolute atomic E-state index is 5.86. The number of hydrogen-bond acceptors (Lipinski definition) is 4. The summed E-state index contributed by atoms with van der Waals surface area (Å²) in [6.45, 7) is 5.19. The van der Waals surface area contributed by atoms with Crippen LogP contribution >= 0.6 is 12.2 Å². The van der Waals surface area contributed by atoms with Crippen LogP contribution in [-0.2, 0) is 26.9 Å². The monoisotopic (exact) mass is 399 g/mol. The highest BCUT2D eigenvalue weighted by molar-refractivity contribution is 7.71. The molecule has 1 N–H and O–H groups in total. The van der Waals surface area contributed by atoms with E-state index in [9.17, 15) is 0 Å².